The van der Waals surface area contributed by atoms with Crippen molar-refractivity contribution in [1.82, 2.24) is 5.32 Å². The fraction of sp³-hybridized carbons (Fsp3) is 0.875. The second kappa shape index (κ2) is 7.69. The second-order valence-corrected chi connectivity index (χ2v) is 2.57. The van der Waals surface area contributed by atoms with E-state index < -0.39 is 0 Å². The minimum absolute atomic E-state index is 0.0959. The Kier molecular flexibility index (Phi) is 7.41. The Hall–Kier alpha value is -0.410. The van der Waals surface area contributed by atoms with Crippen molar-refractivity contribution in [2.24, 2.45) is 0 Å². The van der Waals surface area contributed by atoms with Crippen LogP contribution >= 0.6 is 0 Å². The van der Waals surface area contributed by atoms with Gasteiger partial charge in [0.1, 0.15) is 6.61 Å². The van der Waals surface area contributed by atoms with E-state index in [0.29, 0.717) is 6.61 Å². The summed E-state index contributed by atoms with van der Waals surface area (Å²) in [6.45, 7) is 3.51. The summed E-state index contributed by atoms with van der Waals surface area (Å²) in [5.74, 6) is 0.0959. The van der Waals surface area contributed by atoms with Crippen molar-refractivity contribution in [3.05, 3.63) is 0 Å². The van der Waals surface area contributed by atoms with Gasteiger partial charge >= 0.3 is 0 Å². The van der Waals surface area contributed by atoms with Crippen LogP contribution in [0.4, 0.5) is 0 Å². The maximum Gasteiger partial charge on any atom is 0.155 e. The number of carbonyl (C=O) groups is 1. The van der Waals surface area contributed by atoms with E-state index in [1.165, 1.54) is 6.92 Å². The number of hydrogen-bond acceptors (Lipinski definition) is 3. The molecule has 0 fully saturated rings. The summed E-state index contributed by atoms with van der Waals surface area (Å²) < 4.78 is 5.06. The van der Waals surface area contributed by atoms with Gasteiger partial charge < -0.3 is 10.1 Å². The number of hydrogen-bond donors (Lipinski definition) is 1. The van der Waals surface area contributed by atoms with Crippen LogP contribution in [0.15, 0.2) is 0 Å². The summed E-state index contributed by atoms with van der Waals surface area (Å²) in [4.78, 5) is 10.4. The normalized spacial score (nSPS) is 10.0. The van der Waals surface area contributed by atoms with Crippen LogP contribution in [0.2, 0.25) is 0 Å². The number of nitrogens with one attached hydrogen (secondary N) is 1. The van der Waals surface area contributed by atoms with Gasteiger partial charge in [0.25, 0.3) is 0 Å². The topological polar surface area (TPSA) is 38.3 Å². The lowest BCUT2D eigenvalue weighted by Crippen LogP contribution is -2.10. The van der Waals surface area contributed by atoms with E-state index in [4.69, 9.17) is 4.74 Å². The van der Waals surface area contributed by atoms with Crippen LogP contribution in [0.25, 0.3) is 0 Å². The summed E-state index contributed by atoms with van der Waals surface area (Å²) in [5, 5.41) is 3.04. The van der Waals surface area contributed by atoms with Crippen LogP contribution in [-0.4, -0.2) is 32.6 Å². The fourth-order valence-electron chi connectivity index (χ4n) is 0.722. The van der Waals surface area contributed by atoms with E-state index in [-0.39, 0.29) is 12.4 Å². The predicted molar refractivity (Wildman–Crippen MR) is 44.7 cm³/mol. The van der Waals surface area contributed by atoms with Crippen molar-refractivity contribution >= 4 is 5.78 Å². The minimum Gasteiger partial charge on any atom is -0.374 e. The van der Waals surface area contributed by atoms with E-state index in [9.17, 15) is 4.79 Å². The lowest BCUT2D eigenvalue weighted by Gasteiger charge is -2.00. The minimum atomic E-state index is 0.0959. The lowest BCUT2D eigenvalue weighted by molar-refractivity contribution is -0.121. The van der Waals surface area contributed by atoms with Crippen molar-refractivity contribution in [3.63, 3.8) is 0 Å². The number of ketones is 1. The molecule has 0 aliphatic heterocycles. The number of unbranched alkanes of at least 4 members (excludes halogenated alkanes) is 1. The Morgan fingerprint density at radius 1 is 1.45 bits per heavy atom. The molecule has 0 aromatic rings. The zero-order valence-corrected chi connectivity index (χ0v) is 7.35. The molecule has 0 heterocycles. The molecule has 0 radical (unpaired) electrons. The zero-order valence-electron chi connectivity index (χ0n) is 7.35. The van der Waals surface area contributed by atoms with Crippen LogP contribution < -0.4 is 5.32 Å². The Balaban J connectivity index is 2.85. The summed E-state index contributed by atoms with van der Waals surface area (Å²) in [5.41, 5.74) is 0. The summed E-state index contributed by atoms with van der Waals surface area (Å²) >= 11 is 0. The van der Waals surface area contributed by atoms with Crippen molar-refractivity contribution in [3.8, 4) is 0 Å². The lowest BCUT2D eigenvalue weighted by atomic mass is 10.3. The highest BCUT2D eigenvalue weighted by Crippen LogP contribution is 1.88. The molecule has 11 heavy (non-hydrogen) atoms. The molecule has 3 heteroatoms. The summed E-state index contributed by atoms with van der Waals surface area (Å²) in [7, 11) is 1.93. The molecule has 0 bridgehead atoms. The SMILES string of the molecule is CNCCCCOCC(C)=O. The standard InChI is InChI=1S/C8H17NO2/c1-8(10)7-11-6-4-3-5-9-2/h9H,3-7H2,1-2H3. The van der Waals surface area contributed by atoms with Gasteiger partial charge in [0.15, 0.2) is 5.78 Å². The van der Waals surface area contributed by atoms with Gasteiger partial charge in [-0.1, -0.05) is 0 Å². The van der Waals surface area contributed by atoms with Gasteiger partial charge in [-0.2, -0.15) is 0 Å². The molecular formula is C8H17NO2. The Labute approximate surface area is 68.1 Å². The first kappa shape index (κ1) is 10.6. The third-order valence-electron chi connectivity index (χ3n) is 1.27. The van der Waals surface area contributed by atoms with Gasteiger partial charge in [-0.15, -0.1) is 0 Å². The Morgan fingerprint density at radius 3 is 2.73 bits per heavy atom. The predicted octanol–water partition coefficient (Wildman–Crippen LogP) is 0.592. The number of Topliss-reactive ketones (excluding diaryl/α,β-unsaturated/α-hetero) is 1. The van der Waals surface area contributed by atoms with E-state index in [1.54, 1.807) is 0 Å². The molecule has 0 aromatic carbocycles. The quantitative estimate of drug-likeness (QED) is 0.552. The molecule has 0 rings (SSSR count). The Morgan fingerprint density at radius 2 is 2.18 bits per heavy atom. The number of rotatable bonds is 7. The van der Waals surface area contributed by atoms with E-state index in [2.05, 4.69) is 5.32 Å². The number of carbonyl (C=O) groups excluding carboxylic acids is 1. The van der Waals surface area contributed by atoms with Gasteiger partial charge in [0.2, 0.25) is 0 Å². The van der Waals surface area contributed by atoms with Crippen LogP contribution in [0.5, 0.6) is 0 Å². The molecule has 0 atom stereocenters. The number of ether oxygens (including phenoxy) is 1. The molecular weight excluding hydrogens is 142 g/mol. The highest BCUT2D eigenvalue weighted by Gasteiger charge is 1.92. The van der Waals surface area contributed by atoms with E-state index in [1.807, 2.05) is 7.05 Å². The highest BCUT2D eigenvalue weighted by atomic mass is 16.5. The molecule has 0 aliphatic rings. The van der Waals surface area contributed by atoms with Gasteiger partial charge in [-0.3, -0.25) is 4.79 Å². The van der Waals surface area contributed by atoms with Crippen LogP contribution in [0.1, 0.15) is 19.8 Å². The second-order valence-electron chi connectivity index (χ2n) is 2.57. The third kappa shape index (κ3) is 9.59. The smallest absolute Gasteiger partial charge is 0.155 e. The maximum atomic E-state index is 10.4. The van der Waals surface area contributed by atoms with Crippen LogP contribution in [-0.2, 0) is 9.53 Å². The molecule has 0 spiro atoms. The molecule has 3 nitrogen and oxygen atoms in total. The third-order valence-corrected chi connectivity index (χ3v) is 1.27. The fourth-order valence-corrected chi connectivity index (χ4v) is 0.722. The Bertz CT molecular complexity index is 104. The first-order chi connectivity index (χ1) is 5.27. The van der Waals surface area contributed by atoms with Crippen molar-refractivity contribution in [2.45, 2.75) is 19.8 Å². The zero-order chi connectivity index (χ0) is 8.53. The molecule has 0 aromatic heterocycles. The van der Waals surface area contributed by atoms with Crippen molar-refractivity contribution in [2.75, 3.05) is 26.8 Å². The van der Waals surface area contributed by atoms with Gasteiger partial charge in [-0.05, 0) is 33.4 Å². The first-order valence-corrected chi connectivity index (χ1v) is 3.99. The highest BCUT2D eigenvalue weighted by molar-refractivity contribution is 5.76. The molecule has 0 saturated carbocycles. The molecule has 0 amide bonds. The van der Waals surface area contributed by atoms with Gasteiger partial charge in [-0.25, -0.2) is 0 Å². The molecule has 0 aliphatic carbocycles. The van der Waals surface area contributed by atoms with Gasteiger partial charge in [0.05, 0.1) is 0 Å². The summed E-state index contributed by atoms with van der Waals surface area (Å²) in [6, 6.07) is 0. The molecule has 66 valence electrons. The summed E-state index contributed by atoms with van der Waals surface area (Å²) in [6.07, 6.45) is 2.13. The van der Waals surface area contributed by atoms with Crippen molar-refractivity contribution < 1.29 is 9.53 Å². The first-order valence-electron chi connectivity index (χ1n) is 3.99. The van der Waals surface area contributed by atoms with E-state index >= 15 is 0 Å². The largest absolute Gasteiger partial charge is 0.374 e. The molecule has 1 N–H and O–H groups in total. The van der Waals surface area contributed by atoms with Crippen LogP contribution in [0.3, 0.4) is 0 Å². The van der Waals surface area contributed by atoms with E-state index in [0.717, 1.165) is 19.4 Å². The monoisotopic (exact) mass is 159 g/mol. The van der Waals surface area contributed by atoms with Crippen LogP contribution in [0, 0.1) is 0 Å². The average molecular weight is 159 g/mol. The van der Waals surface area contributed by atoms with Gasteiger partial charge in [0, 0.05) is 6.61 Å². The maximum absolute atomic E-state index is 10.4. The van der Waals surface area contributed by atoms with Crippen molar-refractivity contribution in [1.29, 1.82) is 0 Å². The molecule has 0 saturated heterocycles. The molecule has 0 unspecified atom stereocenters. The average Bonchev–Trinajstić information content (AvgIpc) is 1.96.